The van der Waals surface area contributed by atoms with Gasteiger partial charge in [0, 0.05) is 38.3 Å². The summed E-state index contributed by atoms with van der Waals surface area (Å²) in [6.45, 7) is 4.13. The third kappa shape index (κ3) is 2.49. The minimum Gasteiger partial charge on any atom is -0.338 e. The monoisotopic (exact) mass is 236 g/mol. The van der Waals surface area contributed by atoms with E-state index in [0.29, 0.717) is 25.4 Å². The normalized spacial score (nSPS) is 20.3. The standard InChI is InChI=1S/C12H20N4O/c1-3-11-10(7-15(2)14-11)8-16-6-9(5-13)4-12(16)17/h7,9H,3-6,8,13H2,1-2H3. The predicted molar refractivity (Wildman–Crippen MR) is 65.2 cm³/mol. The minimum absolute atomic E-state index is 0.214. The van der Waals surface area contributed by atoms with E-state index in [-0.39, 0.29) is 5.91 Å². The lowest BCUT2D eigenvalue weighted by Gasteiger charge is -2.15. The van der Waals surface area contributed by atoms with Gasteiger partial charge in [-0.1, -0.05) is 6.92 Å². The molecule has 1 aliphatic rings. The van der Waals surface area contributed by atoms with Crippen molar-refractivity contribution in [1.82, 2.24) is 14.7 Å². The van der Waals surface area contributed by atoms with Crippen LogP contribution in [0.4, 0.5) is 0 Å². The van der Waals surface area contributed by atoms with Gasteiger partial charge >= 0.3 is 0 Å². The molecule has 1 saturated heterocycles. The lowest BCUT2D eigenvalue weighted by molar-refractivity contribution is -0.128. The quantitative estimate of drug-likeness (QED) is 0.817. The summed E-state index contributed by atoms with van der Waals surface area (Å²) in [7, 11) is 1.91. The first-order chi connectivity index (χ1) is 8.13. The smallest absolute Gasteiger partial charge is 0.223 e. The Balaban J connectivity index is 2.08. The Labute approximate surface area is 102 Å². The van der Waals surface area contributed by atoms with Gasteiger partial charge in [-0.15, -0.1) is 0 Å². The van der Waals surface area contributed by atoms with Crippen LogP contribution in [0.3, 0.4) is 0 Å². The van der Waals surface area contributed by atoms with E-state index in [2.05, 4.69) is 12.0 Å². The van der Waals surface area contributed by atoms with E-state index in [0.717, 1.165) is 24.2 Å². The summed E-state index contributed by atoms with van der Waals surface area (Å²) in [4.78, 5) is 13.7. The van der Waals surface area contributed by atoms with Gasteiger partial charge in [0.05, 0.1) is 5.69 Å². The molecule has 0 radical (unpaired) electrons. The van der Waals surface area contributed by atoms with E-state index in [1.165, 1.54) is 0 Å². The summed E-state index contributed by atoms with van der Waals surface area (Å²) < 4.78 is 1.81. The number of hydrogen-bond donors (Lipinski definition) is 1. The van der Waals surface area contributed by atoms with Crippen LogP contribution in [-0.4, -0.2) is 33.7 Å². The summed E-state index contributed by atoms with van der Waals surface area (Å²) in [5, 5.41) is 4.39. The molecule has 0 aromatic carbocycles. The summed E-state index contributed by atoms with van der Waals surface area (Å²) >= 11 is 0. The first kappa shape index (κ1) is 12.1. The summed E-state index contributed by atoms with van der Waals surface area (Å²) in [6, 6.07) is 0. The van der Waals surface area contributed by atoms with E-state index in [4.69, 9.17) is 5.73 Å². The van der Waals surface area contributed by atoms with Crippen molar-refractivity contribution >= 4 is 5.91 Å². The fraction of sp³-hybridized carbons (Fsp3) is 0.667. The maximum Gasteiger partial charge on any atom is 0.223 e. The third-order valence-corrected chi connectivity index (χ3v) is 3.32. The van der Waals surface area contributed by atoms with E-state index in [1.807, 2.05) is 22.8 Å². The Bertz CT molecular complexity index is 413. The molecule has 1 atom stereocenters. The Morgan fingerprint density at radius 2 is 2.35 bits per heavy atom. The molecule has 0 spiro atoms. The van der Waals surface area contributed by atoms with E-state index < -0.39 is 0 Å². The highest BCUT2D eigenvalue weighted by Crippen LogP contribution is 2.20. The number of carbonyl (C=O) groups is 1. The summed E-state index contributed by atoms with van der Waals surface area (Å²) in [5.74, 6) is 0.538. The number of carbonyl (C=O) groups excluding carboxylic acids is 1. The van der Waals surface area contributed by atoms with Gasteiger partial charge in [0.1, 0.15) is 0 Å². The number of amides is 1. The van der Waals surface area contributed by atoms with Crippen molar-refractivity contribution in [2.45, 2.75) is 26.3 Å². The number of hydrogen-bond acceptors (Lipinski definition) is 3. The van der Waals surface area contributed by atoms with Gasteiger partial charge in [-0.05, 0) is 18.9 Å². The topological polar surface area (TPSA) is 64.2 Å². The lowest BCUT2D eigenvalue weighted by Crippen LogP contribution is -2.26. The van der Waals surface area contributed by atoms with Crippen LogP contribution < -0.4 is 5.73 Å². The van der Waals surface area contributed by atoms with Gasteiger partial charge in [0.2, 0.25) is 5.91 Å². The van der Waals surface area contributed by atoms with Crippen LogP contribution in [0.25, 0.3) is 0 Å². The molecule has 0 saturated carbocycles. The number of nitrogens with two attached hydrogens (primary N) is 1. The van der Waals surface area contributed by atoms with Crippen LogP contribution >= 0.6 is 0 Å². The van der Waals surface area contributed by atoms with Crippen LogP contribution in [0, 0.1) is 5.92 Å². The molecule has 0 aliphatic carbocycles. The zero-order valence-electron chi connectivity index (χ0n) is 10.5. The molecular weight excluding hydrogens is 216 g/mol. The second kappa shape index (κ2) is 4.87. The molecule has 1 aliphatic heterocycles. The number of likely N-dealkylation sites (tertiary alicyclic amines) is 1. The van der Waals surface area contributed by atoms with Crippen LogP contribution in [0.5, 0.6) is 0 Å². The average Bonchev–Trinajstić information content (AvgIpc) is 2.83. The third-order valence-electron chi connectivity index (χ3n) is 3.32. The first-order valence-electron chi connectivity index (χ1n) is 6.13. The van der Waals surface area contributed by atoms with Gasteiger partial charge in [-0.2, -0.15) is 5.10 Å². The molecule has 1 unspecified atom stereocenters. The predicted octanol–water partition coefficient (Wildman–Crippen LogP) is 0.290. The Kier molecular flexibility index (Phi) is 3.47. The fourth-order valence-electron chi connectivity index (χ4n) is 2.38. The SMILES string of the molecule is CCc1nn(C)cc1CN1CC(CN)CC1=O. The maximum absolute atomic E-state index is 11.8. The molecule has 94 valence electrons. The molecular formula is C12H20N4O. The van der Waals surface area contributed by atoms with Crippen molar-refractivity contribution in [3.8, 4) is 0 Å². The highest BCUT2D eigenvalue weighted by Gasteiger charge is 2.29. The second-order valence-electron chi connectivity index (χ2n) is 4.71. The molecule has 2 rings (SSSR count). The Morgan fingerprint density at radius 1 is 1.59 bits per heavy atom. The van der Waals surface area contributed by atoms with Gasteiger partial charge in [0.25, 0.3) is 0 Å². The molecule has 17 heavy (non-hydrogen) atoms. The number of aromatic nitrogens is 2. The van der Waals surface area contributed by atoms with Gasteiger partial charge < -0.3 is 10.6 Å². The van der Waals surface area contributed by atoms with Crippen LogP contribution in [0.15, 0.2) is 6.20 Å². The Hall–Kier alpha value is -1.36. The van der Waals surface area contributed by atoms with Gasteiger partial charge in [0.15, 0.2) is 0 Å². The molecule has 1 aromatic heterocycles. The molecule has 0 bridgehead atoms. The van der Waals surface area contributed by atoms with Crippen LogP contribution in [0.1, 0.15) is 24.6 Å². The number of nitrogens with zero attached hydrogens (tertiary/aromatic N) is 3. The molecule has 1 amide bonds. The molecule has 2 N–H and O–H groups in total. The highest BCUT2D eigenvalue weighted by molar-refractivity contribution is 5.78. The maximum atomic E-state index is 11.8. The largest absolute Gasteiger partial charge is 0.338 e. The van der Waals surface area contributed by atoms with Crippen LogP contribution in [0.2, 0.25) is 0 Å². The first-order valence-corrected chi connectivity index (χ1v) is 6.13. The molecule has 1 aromatic rings. The molecule has 2 heterocycles. The second-order valence-corrected chi connectivity index (χ2v) is 4.71. The van der Waals surface area contributed by atoms with Crippen molar-refractivity contribution in [2.24, 2.45) is 18.7 Å². The van der Waals surface area contributed by atoms with Crippen molar-refractivity contribution in [2.75, 3.05) is 13.1 Å². The summed E-state index contributed by atoms with van der Waals surface area (Å²) in [6.07, 6.45) is 3.50. The number of rotatable bonds is 4. The number of aryl methyl sites for hydroxylation is 2. The zero-order chi connectivity index (χ0) is 12.4. The Morgan fingerprint density at radius 3 is 2.94 bits per heavy atom. The van der Waals surface area contributed by atoms with Crippen molar-refractivity contribution in [3.63, 3.8) is 0 Å². The van der Waals surface area contributed by atoms with Crippen molar-refractivity contribution in [3.05, 3.63) is 17.5 Å². The van der Waals surface area contributed by atoms with E-state index in [9.17, 15) is 4.79 Å². The van der Waals surface area contributed by atoms with Crippen molar-refractivity contribution < 1.29 is 4.79 Å². The summed E-state index contributed by atoms with van der Waals surface area (Å²) in [5.41, 5.74) is 7.85. The molecule has 1 fully saturated rings. The highest BCUT2D eigenvalue weighted by atomic mass is 16.2. The molecule has 5 heteroatoms. The van der Waals surface area contributed by atoms with E-state index >= 15 is 0 Å². The molecule has 5 nitrogen and oxygen atoms in total. The zero-order valence-corrected chi connectivity index (χ0v) is 10.5. The average molecular weight is 236 g/mol. The van der Waals surface area contributed by atoms with Gasteiger partial charge in [-0.25, -0.2) is 0 Å². The minimum atomic E-state index is 0.214. The van der Waals surface area contributed by atoms with E-state index in [1.54, 1.807) is 0 Å². The van der Waals surface area contributed by atoms with Gasteiger partial charge in [-0.3, -0.25) is 9.48 Å². The lowest BCUT2D eigenvalue weighted by atomic mass is 10.1. The fourth-order valence-corrected chi connectivity index (χ4v) is 2.38. The van der Waals surface area contributed by atoms with Crippen LogP contribution in [-0.2, 0) is 24.8 Å². The van der Waals surface area contributed by atoms with Crippen molar-refractivity contribution in [1.29, 1.82) is 0 Å².